The maximum Gasteiger partial charge on any atom is 0.245 e. The van der Waals surface area contributed by atoms with Crippen LogP contribution in [0.15, 0.2) is 30.5 Å². The normalized spacial score (nSPS) is 14.4. The second-order valence-corrected chi connectivity index (χ2v) is 5.48. The maximum atomic E-state index is 12.1. The van der Waals surface area contributed by atoms with Crippen LogP contribution in [0.5, 0.6) is 0 Å². The number of anilines is 1. The Labute approximate surface area is 112 Å². The molecule has 1 atom stereocenters. The lowest BCUT2D eigenvalue weighted by Gasteiger charge is -2.20. The van der Waals surface area contributed by atoms with Gasteiger partial charge in [0.25, 0.3) is 0 Å². The van der Waals surface area contributed by atoms with Crippen LogP contribution in [0.1, 0.15) is 26.7 Å². The van der Waals surface area contributed by atoms with Gasteiger partial charge in [0.1, 0.15) is 4.87 Å². The highest BCUT2D eigenvalue weighted by Gasteiger charge is 2.29. The predicted octanol–water partition coefficient (Wildman–Crippen LogP) is 3.90. The number of carbonyl (C=O) groups excluding carboxylic acids is 1. The molecular weight excluding hydrogens is 248 g/mol. The molecule has 4 heteroatoms. The van der Waals surface area contributed by atoms with Crippen molar-refractivity contribution in [3.8, 4) is 0 Å². The number of carbonyl (C=O) groups is 1. The van der Waals surface area contributed by atoms with E-state index in [-0.39, 0.29) is 5.91 Å². The zero-order valence-corrected chi connectivity index (χ0v) is 11.3. The van der Waals surface area contributed by atoms with E-state index in [1.54, 1.807) is 6.92 Å². The van der Waals surface area contributed by atoms with Crippen LogP contribution in [0.4, 0.5) is 5.69 Å². The summed E-state index contributed by atoms with van der Waals surface area (Å²) < 4.78 is 0. The summed E-state index contributed by atoms with van der Waals surface area (Å²) in [5, 5.41) is 3.96. The van der Waals surface area contributed by atoms with Gasteiger partial charge in [0, 0.05) is 11.6 Å². The molecule has 1 amide bonds. The van der Waals surface area contributed by atoms with Crippen molar-refractivity contribution in [3.63, 3.8) is 0 Å². The van der Waals surface area contributed by atoms with Crippen LogP contribution in [0, 0.1) is 0 Å². The smallest absolute Gasteiger partial charge is 0.245 e. The van der Waals surface area contributed by atoms with E-state index in [1.165, 1.54) is 0 Å². The minimum Gasteiger partial charge on any atom is -0.359 e. The molecule has 0 bridgehead atoms. The maximum absolute atomic E-state index is 12.1. The van der Waals surface area contributed by atoms with Gasteiger partial charge in [-0.3, -0.25) is 4.79 Å². The summed E-state index contributed by atoms with van der Waals surface area (Å²) in [6.07, 6.45) is 3.38. The summed E-state index contributed by atoms with van der Waals surface area (Å²) in [5.41, 5.74) is 1.69. The van der Waals surface area contributed by atoms with E-state index in [4.69, 9.17) is 11.6 Å². The molecule has 0 saturated heterocycles. The van der Waals surface area contributed by atoms with Gasteiger partial charge in [-0.1, -0.05) is 25.5 Å². The number of para-hydroxylation sites is 1. The lowest BCUT2D eigenvalue weighted by atomic mass is 10.0. The molecular formula is C14H17ClN2O. The molecule has 1 aromatic carbocycles. The molecule has 1 heterocycles. The molecule has 3 nitrogen and oxygen atoms in total. The average Bonchev–Trinajstić information content (AvgIpc) is 2.78. The van der Waals surface area contributed by atoms with Crippen molar-refractivity contribution in [2.45, 2.75) is 31.6 Å². The van der Waals surface area contributed by atoms with E-state index in [0.29, 0.717) is 6.42 Å². The Hall–Kier alpha value is -1.48. The highest BCUT2D eigenvalue weighted by atomic mass is 35.5. The summed E-state index contributed by atoms with van der Waals surface area (Å²) in [6.45, 7) is 3.77. The number of benzene rings is 1. The van der Waals surface area contributed by atoms with Gasteiger partial charge >= 0.3 is 0 Å². The highest BCUT2D eigenvalue weighted by Crippen LogP contribution is 2.26. The van der Waals surface area contributed by atoms with Crippen LogP contribution in [0.3, 0.4) is 0 Å². The monoisotopic (exact) mass is 264 g/mol. The number of amides is 1. The fourth-order valence-corrected chi connectivity index (χ4v) is 2.26. The van der Waals surface area contributed by atoms with Crippen LogP contribution in [0.2, 0.25) is 0 Å². The van der Waals surface area contributed by atoms with Crippen molar-refractivity contribution in [2.75, 3.05) is 5.32 Å². The Kier molecular flexibility index (Phi) is 3.62. The van der Waals surface area contributed by atoms with E-state index in [1.807, 2.05) is 37.4 Å². The number of halogens is 1. The van der Waals surface area contributed by atoms with Crippen LogP contribution in [-0.4, -0.2) is 15.8 Å². The van der Waals surface area contributed by atoms with Crippen LogP contribution in [0.25, 0.3) is 10.9 Å². The molecule has 1 unspecified atom stereocenters. The number of hydrogen-bond donors (Lipinski definition) is 2. The first-order valence-electron chi connectivity index (χ1n) is 6.11. The molecule has 2 rings (SSSR count). The van der Waals surface area contributed by atoms with Crippen LogP contribution in [-0.2, 0) is 4.79 Å². The predicted molar refractivity (Wildman–Crippen MR) is 76.1 cm³/mol. The molecule has 96 valence electrons. The number of fused-ring (bicyclic) bond motifs is 1. The number of alkyl halides is 1. The molecule has 0 fully saturated rings. The van der Waals surface area contributed by atoms with Crippen molar-refractivity contribution in [1.82, 2.24) is 4.98 Å². The molecule has 0 spiro atoms. The number of aromatic nitrogens is 1. The zero-order chi connectivity index (χ0) is 13.2. The lowest BCUT2D eigenvalue weighted by Crippen LogP contribution is -2.34. The third-order valence-electron chi connectivity index (χ3n) is 3.03. The topological polar surface area (TPSA) is 44.9 Å². The van der Waals surface area contributed by atoms with Crippen molar-refractivity contribution in [2.24, 2.45) is 0 Å². The van der Waals surface area contributed by atoms with Gasteiger partial charge in [-0.2, -0.15) is 0 Å². The third kappa shape index (κ3) is 2.51. The molecule has 0 aliphatic heterocycles. The van der Waals surface area contributed by atoms with Crippen molar-refractivity contribution < 1.29 is 4.79 Å². The van der Waals surface area contributed by atoms with Crippen molar-refractivity contribution >= 4 is 34.1 Å². The van der Waals surface area contributed by atoms with Crippen molar-refractivity contribution in [3.05, 3.63) is 30.5 Å². The minimum absolute atomic E-state index is 0.159. The highest BCUT2D eigenvalue weighted by molar-refractivity contribution is 6.36. The first-order valence-corrected chi connectivity index (χ1v) is 6.49. The minimum atomic E-state index is -0.858. The molecule has 0 aliphatic rings. The molecule has 0 aliphatic carbocycles. The van der Waals surface area contributed by atoms with Gasteiger partial charge in [0.05, 0.1) is 11.2 Å². The summed E-state index contributed by atoms with van der Waals surface area (Å²) in [5.74, 6) is -0.159. The molecule has 0 saturated carbocycles. The summed E-state index contributed by atoms with van der Waals surface area (Å²) >= 11 is 6.24. The van der Waals surface area contributed by atoms with Gasteiger partial charge < -0.3 is 10.3 Å². The summed E-state index contributed by atoms with van der Waals surface area (Å²) in [7, 11) is 0. The Balaban J connectivity index is 2.24. The van der Waals surface area contributed by atoms with Gasteiger partial charge in [0.2, 0.25) is 5.91 Å². The van der Waals surface area contributed by atoms with E-state index in [2.05, 4.69) is 10.3 Å². The second kappa shape index (κ2) is 5.02. The summed E-state index contributed by atoms with van der Waals surface area (Å²) in [4.78, 5) is 14.4. The molecule has 18 heavy (non-hydrogen) atoms. The molecule has 2 aromatic rings. The summed E-state index contributed by atoms with van der Waals surface area (Å²) in [6, 6.07) is 7.75. The van der Waals surface area contributed by atoms with E-state index in [9.17, 15) is 4.79 Å². The Morgan fingerprint density at radius 1 is 1.44 bits per heavy atom. The van der Waals surface area contributed by atoms with Crippen LogP contribution >= 0.6 is 11.6 Å². The second-order valence-electron chi connectivity index (χ2n) is 4.65. The van der Waals surface area contributed by atoms with Gasteiger partial charge in [-0.15, -0.1) is 11.6 Å². The Morgan fingerprint density at radius 3 is 2.94 bits per heavy atom. The Morgan fingerprint density at radius 2 is 2.22 bits per heavy atom. The SMILES string of the molecule is CCCC(C)(Cl)C(=O)Nc1cccc2cc[nH]c12. The van der Waals surface area contributed by atoms with E-state index >= 15 is 0 Å². The fourth-order valence-electron chi connectivity index (χ4n) is 2.02. The number of H-pyrrole nitrogens is 1. The standard InChI is InChI=1S/C14H17ClN2O/c1-3-8-14(2,15)13(18)17-11-6-4-5-10-7-9-16-12(10)11/h4-7,9,16H,3,8H2,1-2H3,(H,17,18). The number of rotatable bonds is 4. The Bertz CT molecular complexity index is 560. The number of nitrogens with one attached hydrogen (secondary N) is 2. The lowest BCUT2D eigenvalue weighted by molar-refractivity contribution is -0.118. The van der Waals surface area contributed by atoms with E-state index in [0.717, 1.165) is 23.0 Å². The van der Waals surface area contributed by atoms with E-state index < -0.39 is 4.87 Å². The van der Waals surface area contributed by atoms with Crippen molar-refractivity contribution in [1.29, 1.82) is 0 Å². The van der Waals surface area contributed by atoms with Gasteiger partial charge in [0.15, 0.2) is 0 Å². The zero-order valence-electron chi connectivity index (χ0n) is 10.6. The van der Waals surface area contributed by atoms with Gasteiger partial charge in [-0.05, 0) is 25.5 Å². The first-order chi connectivity index (χ1) is 8.54. The fraction of sp³-hybridized carbons (Fsp3) is 0.357. The molecule has 1 aromatic heterocycles. The van der Waals surface area contributed by atoms with Crippen LogP contribution < -0.4 is 5.32 Å². The quantitative estimate of drug-likeness (QED) is 0.808. The largest absolute Gasteiger partial charge is 0.359 e. The number of hydrogen-bond acceptors (Lipinski definition) is 1. The average molecular weight is 265 g/mol. The number of aromatic amines is 1. The molecule has 0 radical (unpaired) electrons. The van der Waals surface area contributed by atoms with Gasteiger partial charge in [-0.25, -0.2) is 0 Å². The molecule has 2 N–H and O–H groups in total. The first kappa shape index (κ1) is 13.0. The third-order valence-corrected chi connectivity index (χ3v) is 3.39.